The van der Waals surface area contributed by atoms with Gasteiger partial charge in [0.2, 0.25) is 0 Å². The summed E-state index contributed by atoms with van der Waals surface area (Å²) in [6.45, 7) is 0. The molecule has 1 aromatic rings. The van der Waals surface area contributed by atoms with Gasteiger partial charge in [0.05, 0.1) is 11.4 Å². The maximum absolute atomic E-state index is 5.68. The smallest absolute Gasteiger partial charge is 0.159 e. The summed E-state index contributed by atoms with van der Waals surface area (Å²) in [5.74, 6) is 5.68. The first-order valence-electron chi connectivity index (χ1n) is 3.36. The molecular formula is C7H9N3S. The molecule has 4 heteroatoms. The van der Waals surface area contributed by atoms with E-state index in [9.17, 15) is 0 Å². The topological polar surface area (TPSA) is 41.3 Å². The van der Waals surface area contributed by atoms with Crippen molar-refractivity contribution in [2.45, 2.75) is 5.50 Å². The Bertz CT molecular complexity index is 276. The average Bonchev–Trinajstić information content (AvgIpc) is 2.30. The number of nitrogens with two attached hydrogens (primary N) is 1. The van der Waals surface area contributed by atoms with Gasteiger partial charge < -0.3 is 5.32 Å². The number of hydrazine groups is 1. The van der Waals surface area contributed by atoms with Crippen LogP contribution < -0.4 is 16.2 Å². The van der Waals surface area contributed by atoms with E-state index in [1.807, 2.05) is 24.3 Å². The number of fused-ring (bicyclic) bond motifs is 1. The predicted octanol–water partition coefficient (Wildman–Crippen LogP) is 1.01. The van der Waals surface area contributed by atoms with E-state index in [2.05, 4.69) is 17.9 Å². The molecule has 0 spiro atoms. The van der Waals surface area contributed by atoms with Gasteiger partial charge in [-0.05, 0) is 12.1 Å². The molecule has 0 aliphatic carbocycles. The Hall–Kier alpha value is -0.870. The molecule has 1 aliphatic heterocycles. The average molecular weight is 167 g/mol. The summed E-state index contributed by atoms with van der Waals surface area (Å²) in [6, 6.07) is 7.85. The van der Waals surface area contributed by atoms with Crippen LogP contribution in [-0.4, -0.2) is 5.50 Å². The number of rotatable bonds is 0. The van der Waals surface area contributed by atoms with Gasteiger partial charge in [-0.15, -0.1) is 12.6 Å². The fourth-order valence-electron chi connectivity index (χ4n) is 1.16. The van der Waals surface area contributed by atoms with Crippen LogP contribution in [-0.2, 0) is 0 Å². The Morgan fingerprint density at radius 1 is 1.45 bits per heavy atom. The maximum Gasteiger partial charge on any atom is 0.159 e. The molecule has 2 rings (SSSR count). The van der Waals surface area contributed by atoms with Gasteiger partial charge >= 0.3 is 0 Å². The van der Waals surface area contributed by atoms with Crippen molar-refractivity contribution in [1.29, 1.82) is 0 Å². The van der Waals surface area contributed by atoms with Crippen LogP contribution in [0.25, 0.3) is 0 Å². The fraction of sp³-hybridized carbons (Fsp3) is 0.143. The molecule has 0 radical (unpaired) electrons. The standard InChI is InChI=1S/C7H9N3S/c8-10-6-4-2-1-3-5(6)9-7(10)11/h1-4,7,9,11H,8H2. The van der Waals surface area contributed by atoms with Gasteiger partial charge in [-0.25, -0.2) is 5.84 Å². The number of anilines is 2. The first-order chi connectivity index (χ1) is 5.29. The van der Waals surface area contributed by atoms with Crippen molar-refractivity contribution < 1.29 is 0 Å². The van der Waals surface area contributed by atoms with Gasteiger partial charge in [0.15, 0.2) is 5.50 Å². The molecule has 0 fully saturated rings. The summed E-state index contributed by atoms with van der Waals surface area (Å²) in [7, 11) is 0. The van der Waals surface area contributed by atoms with Crippen LogP contribution in [0, 0.1) is 0 Å². The third kappa shape index (κ3) is 0.948. The van der Waals surface area contributed by atoms with Gasteiger partial charge in [0.1, 0.15) is 0 Å². The third-order valence-corrected chi connectivity index (χ3v) is 2.11. The monoisotopic (exact) mass is 167 g/mol. The number of hydrogen-bond acceptors (Lipinski definition) is 4. The van der Waals surface area contributed by atoms with E-state index in [1.54, 1.807) is 5.01 Å². The largest absolute Gasteiger partial charge is 0.354 e. The van der Waals surface area contributed by atoms with Gasteiger partial charge in [-0.2, -0.15) is 0 Å². The zero-order valence-electron chi connectivity index (χ0n) is 5.86. The molecule has 1 aliphatic rings. The highest BCUT2D eigenvalue weighted by atomic mass is 32.1. The molecule has 0 saturated carbocycles. The molecule has 0 saturated heterocycles. The highest BCUT2D eigenvalue weighted by Crippen LogP contribution is 2.32. The Labute approximate surface area is 70.6 Å². The molecular weight excluding hydrogens is 158 g/mol. The number of para-hydroxylation sites is 2. The minimum atomic E-state index is -0.104. The van der Waals surface area contributed by atoms with Crippen LogP contribution >= 0.6 is 12.6 Å². The summed E-state index contributed by atoms with van der Waals surface area (Å²) in [5, 5.41) is 4.71. The van der Waals surface area contributed by atoms with Crippen LogP contribution in [0.5, 0.6) is 0 Å². The van der Waals surface area contributed by atoms with Crippen LogP contribution in [0.15, 0.2) is 24.3 Å². The van der Waals surface area contributed by atoms with Crippen LogP contribution in [0.2, 0.25) is 0 Å². The van der Waals surface area contributed by atoms with Crippen LogP contribution in [0.4, 0.5) is 11.4 Å². The maximum atomic E-state index is 5.68. The molecule has 11 heavy (non-hydrogen) atoms. The Balaban J connectivity index is 2.47. The van der Waals surface area contributed by atoms with Crippen LogP contribution in [0.1, 0.15) is 0 Å². The summed E-state index contributed by atoms with van der Waals surface area (Å²) < 4.78 is 0. The zero-order valence-corrected chi connectivity index (χ0v) is 6.75. The molecule has 58 valence electrons. The number of nitrogens with one attached hydrogen (secondary N) is 1. The number of benzene rings is 1. The van der Waals surface area contributed by atoms with Crippen molar-refractivity contribution in [2.75, 3.05) is 10.3 Å². The number of thiol groups is 1. The van der Waals surface area contributed by atoms with E-state index in [0.717, 1.165) is 11.4 Å². The lowest BCUT2D eigenvalue weighted by Crippen LogP contribution is -2.37. The minimum Gasteiger partial charge on any atom is -0.354 e. The van der Waals surface area contributed by atoms with E-state index in [1.165, 1.54) is 0 Å². The third-order valence-electron chi connectivity index (χ3n) is 1.73. The molecule has 1 aromatic carbocycles. The Morgan fingerprint density at radius 3 is 2.91 bits per heavy atom. The highest BCUT2D eigenvalue weighted by molar-refractivity contribution is 7.81. The normalized spacial score (nSPS) is 21.3. The van der Waals surface area contributed by atoms with Crippen molar-refractivity contribution in [2.24, 2.45) is 5.84 Å². The summed E-state index contributed by atoms with van der Waals surface area (Å²) in [6.07, 6.45) is 0. The van der Waals surface area contributed by atoms with Gasteiger partial charge in [0, 0.05) is 0 Å². The second kappa shape index (κ2) is 2.32. The predicted molar refractivity (Wildman–Crippen MR) is 49.5 cm³/mol. The quantitative estimate of drug-likeness (QED) is 0.399. The molecule has 0 aromatic heterocycles. The van der Waals surface area contributed by atoms with E-state index in [4.69, 9.17) is 5.84 Å². The summed E-state index contributed by atoms with van der Waals surface area (Å²) in [5.41, 5.74) is 1.93. The lowest BCUT2D eigenvalue weighted by atomic mass is 10.3. The first-order valence-corrected chi connectivity index (χ1v) is 3.88. The highest BCUT2D eigenvalue weighted by Gasteiger charge is 2.21. The molecule has 0 amide bonds. The second-order valence-corrected chi connectivity index (χ2v) is 2.93. The van der Waals surface area contributed by atoms with E-state index in [-0.39, 0.29) is 5.50 Å². The van der Waals surface area contributed by atoms with Gasteiger partial charge in [-0.1, -0.05) is 12.1 Å². The molecule has 3 N–H and O–H groups in total. The van der Waals surface area contributed by atoms with Gasteiger partial charge in [-0.3, -0.25) is 5.01 Å². The zero-order chi connectivity index (χ0) is 7.84. The SMILES string of the molecule is NN1c2ccccc2NC1S. The summed E-state index contributed by atoms with van der Waals surface area (Å²) >= 11 is 4.22. The van der Waals surface area contributed by atoms with E-state index < -0.39 is 0 Å². The number of nitrogens with zero attached hydrogens (tertiary/aromatic N) is 1. The molecule has 1 unspecified atom stereocenters. The van der Waals surface area contributed by atoms with Crippen molar-refractivity contribution in [3.63, 3.8) is 0 Å². The van der Waals surface area contributed by atoms with Crippen molar-refractivity contribution in [3.05, 3.63) is 24.3 Å². The van der Waals surface area contributed by atoms with Gasteiger partial charge in [0.25, 0.3) is 0 Å². The van der Waals surface area contributed by atoms with Crippen molar-refractivity contribution >= 4 is 24.0 Å². The molecule has 1 heterocycles. The van der Waals surface area contributed by atoms with Crippen molar-refractivity contribution in [3.8, 4) is 0 Å². The Morgan fingerprint density at radius 2 is 2.18 bits per heavy atom. The first kappa shape index (κ1) is 6.82. The molecule has 3 nitrogen and oxygen atoms in total. The Kier molecular flexibility index (Phi) is 1.44. The lowest BCUT2D eigenvalue weighted by molar-refractivity contribution is 0.901. The number of hydrogen-bond donors (Lipinski definition) is 3. The van der Waals surface area contributed by atoms with E-state index in [0.29, 0.717) is 0 Å². The minimum absolute atomic E-state index is 0.104. The van der Waals surface area contributed by atoms with Crippen LogP contribution in [0.3, 0.4) is 0 Å². The lowest BCUT2D eigenvalue weighted by Gasteiger charge is -2.15. The summed E-state index contributed by atoms with van der Waals surface area (Å²) in [4.78, 5) is 0. The van der Waals surface area contributed by atoms with E-state index >= 15 is 0 Å². The molecule has 0 bridgehead atoms. The second-order valence-electron chi connectivity index (χ2n) is 2.44. The molecule has 1 atom stereocenters. The van der Waals surface area contributed by atoms with Crippen molar-refractivity contribution in [1.82, 2.24) is 0 Å². The fourth-order valence-corrected chi connectivity index (χ4v) is 1.42.